The third-order valence-electron chi connectivity index (χ3n) is 4.63. The zero-order valence-electron chi connectivity index (χ0n) is 12.4. The quantitative estimate of drug-likeness (QED) is 0.916. The van der Waals surface area contributed by atoms with E-state index in [0.717, 1.165) is 32.2 Å². The summed E-state index contributed by atoms with van der Waals surface area (Å²) in [5.74, 6) is 0.806. The average molecular weight is 274 g/mol. The molecule has 1 aromatic carbocycles. The van der Waals surface area contributed by atoms with Gasteiger partial charge in [0.1, 0.15) is 0 Å². The number of benzene rings is 1. The van der Waals surface area contributed by atoms with Crippen molar-refractivity contribution in [3.05, 3.63) is 35.9 Å². The van der Waals surface area contributed by atoms with E-state index < -0.39 is 0 Å². The minimum atomic E-state index is 0.523. The molecule has 0 aliphatic carbocycles. The minimum Gasteiger partial charge on any atom is -0.381 e. The summed E-state index contributed by atoms with van der Waals surface area (Å²) < 4.78 is 5.49. The van der Waals surface area contributed by atoms with Gasteiger partial charge in [-0.1, -0.05) is 30.3 Å². The Balaban J connectivity index is 1.69. The standard InChI is InChI=1S/C17H26N2O/c1-14-12-19(13-15-7-9-20-10-8-15)17(11-18-14)16-5-3-2-4-6-16/h2-6,14-15,17-18H,7-13H2,1H3. The Kier molecular flexibility index (Phi) is 4.71. The van der Waals surface area contributed by atoms with Gasteiger partial charge in [-0.05, 0) is 31.2 Å². The lowest BCUT2D eigenvalue weighted by molar-refractivity contribution is 0.0363. The van der Waals surface area contributed by atoms with Crippen LogP contribution in [0.4, 0.5) is 0 Å². The first-order valence-electron chi connectivity index (χ1n) is 7.93. The Morgan fingerprint density at radius 1 is 1.20 bits per heavy atom. The zero-order valence-corrected chi connectivity index (χ0v) is 12.4. The first kappa shape index (κ1) is 14.1. The van der Waals surface area contributed by atoms with Crippen molar-refractivity contribution < 1.29 is 4.74 Å². The lowest BCUT2D eigenvalue weighted by Gasteiger charge is -2.42. The second kappa shape index (κ2) is 6.70. The molecular formula is C17H26N2O. The van der Waals surface area contributed by atoms with Crippen LogP contribution < -0.4 is 5.32 Å². The number of ether oxygens (including phenoxy) is 1. The largest absolute Gasteiger partial charge is 0.381 e. The van der Waals surface area contributed by atoms with Crippen LogP contribution in [0.15, 0.2) is 30.3 Å². The highest BCUT2D eigenvalue weighted by Crippen LogP contribution is 2.26. The fraction of sp³-hybridized carbons (Fsp3) is 0.647. The van der Waals surface area contributed by atoms with E-state index >= 15 is 0 Å². The SMILES string of the molecule is CC1CN(CC2CCOCC2)C(c2ccccc2)CN1. The van der Waals surface area contributed by atoms with Gasteiger partial charge in [0.15, 0.2) is 0 Å². The monoisotopic (exact) mass is 274 g/mol. The molecule has 3 heteroatoms. The van der Waals surface area contributed by atoms with Crippen LogP contribution >= 0.6 is 0 Å². The predicted octanol–water partition coefficient (Wildman–Crippen LogP) is 2.45. The highest BCUT2D eigenvalue weighted by molar-refractivity contribution is 5.20. The van der Waals surface area contributed by atoms with E-state index in [1.165, 1.54) is 24.9 Å². The summed E-state index contributed by atoms with van der Waals surface area (Å²) in [6.07, 6.45) is 2.44. The van der Waals surface area contributed by atoms with E-state index in [0.29, 0.717) is 12.1 Å². The molecule has 2 aliphatic rings. The van der Waals surface area contributed by atoms with Gasteiger partial charge in [0.25, 0.3) is 0 Å². The van der Waals surface area contributed by atoms with E-state index in [2.05, 4.69) is 47.5 Å². The van der Waals surface area contributed by atoms with Gasteiger partial charge in [-0.2, -0.15) is 0 Å². The number of nitrogens with zero attached hydrogens (tertiary/aromatic N) is 1. The van der Waals surface area contributed by atoms with Crippen molar-refractivity contribution in [3.63, 3.8) is 0 Å². The maximum Gasteiger partial charge on any atom is 0.0473 e. The van der Waals surface area contributed by atoms with E-state index in [1.807, 2.05) is 0 Å². The molecule has 2 aliphatic heterocycles. The molecule has 3 rings (SSSR count). The first-order valence-corrected chi connectivity index (χ1v) is 7.93. The molecule has 0 amide bonds. The van der Waals surface area contributed by atoms with Crippen LogP contribution in [0.3, 0.4) is 0 Å². The Labute approximate surface area is 122 Å². The highest BCUT2D eigenvalue weighted by Gasteiger charge is 2.29. The molecule has 2 heterocycles. The Morgan fingerprint density at radius 3 is 2.70 bits per heavy atom. The number of piperazine rings is 1. The van der Waals surface area contributed by atoms with Crippen LogP contribution in [-0.4, -0.2) is 43.8 Å². The number of hydrogen-bond acceptors (Lipinski definition) is 3. The predicted molar refractivity (Wildman–Crippen MR) is 81.8 cm³/mol. The lowest BCUT2D eigenvalue weighted by Crippen LogP contribution is -2.52. The van der Waals surface area contributed by atoms with Crippen molar-refractivity contribution in [2.75, 3.05) is 32.8 Å². The van der Waals surface area contributed by atoms with E-state index in [-0.39, 0.29) is 0 Å². The average Bonchev–Trinajstić information content (AvgIpc) is 2.49. The van der Waals surface area contributed by atoms with Crippen LogP contribution in [0.1, 0.15) is 31.4 Å². The molecule has 0 bridgehead atoms. The zero-order chi connectivity index (χ0) is 13.8. The van der Waals surface area contributed by atoms with Crippen LogP contribution in [-0.2, 0) is 4.74 Å². The van der Waals surface area contributed by atoms with Gasteiger partial charge in [0.2, 0.25) is 0 Å². The van der Waals surface area contributed by atoms with Crippen molar-refractivity contribution >= 4 is 0 Å². The fourth-order valence-corrected chi connectivity index (χ4v) is 3.45. The molecule has 2 unspecified atom stereocenters. The summed E-state index contributed by atoms with van der Waals surface area (Å²) >= 11 is 0. The molecule has 3 nitrogen and oxygen atoms in total. The molecule has 110 valence electrons. The third-order valence-corrected chi connectivity index (χ3v) is 4.63. The smallest absolute Gasteiger partial charge is 0.0473 e. The van der Waals surface area contributed by atoms with Gasteiger partial charge in [-0.15, -0.1) is 0 Å². The van der Waals surface area contributed by atoms with Crippen molar-refractivity contribution in [2.24, 2.45) is 5.92 Å². The van der Waals surface area contributed by atoms with E-state index in [1.54, 1.807) is 0 Å². The number of hydrogen-bond donors (Lipinski definition) is 1. The van der Waals surface area contributed by atoms with Crippen LogP contribution in [0, 0.1) is 5.92 Å². The van der Waals surface area contributed by atoms with Gasteiger partial charge >= 0.3 is 0 Å². The summed E-state index contributed by atoms with van der Waals surface area (Å²) in [4.78, 5) is 2.69. The van der Waals surface area contributed by atoms with Crippen molar-refractivity contribution in [1.82, 2.24) is 10.2 Å². The Hall–Kier alpha value is -0.900. The van der Waals surface area contributed by atoms with Crippen molar-refractivity contribution in [2.45, 2.75) is 31.8 Å². The fourth-order valence-electron chi connectivity index (χ4n) is 3.45. The van der Waals surface area contributed by atoms with Gasteiger partial charge in [-0.25, -0.2) is 0 Å². The molecule has 0 radical (unpaired) electrons. The first-order chi connectivity index (χ1) is 9.83. The molecule has 0 spiro atoms. The maximum absolute atomic E-state index is 5.49. The molecule has 1 N–H and O–H groups in total. The lowest BCUT2D eigenvalue weighted by atomic mass is 9.95. The topological polar surface area (TPSA) is 24.5 Å². The molecule has 0 aromatic heterocycles. The normalized spacial score (nSPS) is 29.4. The van der Waals surface area contributed by atoms with Gasteiger partial charge in [-0.3, -0.25) is 4.90 Å². The van der Waals surface area contributed by atoms with Crippen LogP contribution in [0.25, 0.3) is 0 Å². The number of nitrogens with one attached hydrogen (secondary N) is 1. The summed E-state index contributed by atoms with van der Waals surface area (Å²) in [5.41, 5.74) is 1.44. The molecule has 1 aromatic rings. The van der Waals surface area contributed by atoms with Crippen molar-refractivity contribution in [1.29, 1.82) is 0 Å². The second-order valence-corrected chi connectivity index (χ2v) is 6.25. The molecular weight excluding hydrogens is 248 g/mol. The Morgan fingerprint density at radius 2 is 1.95 bits per heavy atom. The molecule has 2 fully saturated rings. The minimum absolute atomic E-state index is 0.523. The second-order valence-electron chi connectivity index (χ2n) is 6.25. The molecule has 20 heavy (non-hydrogen) atoms. The van der Waals surface area contributed by atoms with Crippen molar-refractivity contribution in [3.8, 4) is 0 Å². The highest BCUT2D eigenvalue weighted by atomic mass is 16.5. The summed E-state index contributed by atoms with van der Waals surface area (Å²) in [5, 5.41) is 3.63. The third kappa shape index (κ3) is 3.40. The van der Waals surface area contributed by atoms with Crippen LogP contribution in [0.2, 0.25) is 0 Å². The molecule has 2 saturated heterocycles. The maximum atomic E-state index is 5.49. The van der Waals surface area contributed by atoms with Gasteiger partial charge in [0, 0.05) is 44.9 Å². The van der Waals surface area contributed by atoms with Crippen LogP contribution in [0.5, 0.6) is 0 Å². The van der Waals surface area contributed by atoms with Gasteiger partial charge in [0.05, 0.1) is 0 Å². The summed E-state index contributed by atoms with van der Waals surface area (Å²) in [6.45, 7) is 7.61. The molecule has 0 saturated carbocycles. The van der Waals surface area contributed by atoms with E-state index in [4.69, 9.17) is 4.74 Å². The Bertz CT molecular complexity index is 403. The summed E-state index contributed by atoms with van der Waals surface area (Å²) in [6, 6.07) is 12.1. The summed E-state index contributed by atoms with van der Waals surface area (Å²) in [7, 11) is 0. The van der Waals surface area contributed by atoms with E-state index in [9.17, 15) is 0 Å². The van der Waals surface area contributed by atoms with Gasteiger partial charge < -0.3 is 10.1 Å². The number of rotatable bonds is 3. The molecule has 2 atom stereocenters.